The van der Waals surface area contributed by atoms with Crippen LogP contribution in [-0.2, 0) is 13.6 Å². The zero-order valence-electron chi connectivity index (χ0n) is 9.53. The van der Waals surface area contributed by atoms with E-state index in [1.165, 1.54) is 0 Å². The molecule has 0 aliphatic heterocycles. The van der Waals surface area contributed by atoms with Gasteiger partial charge in [0.2, 0.25) is 0 Å². The van der Waals surface area contributed by atoms with Crippen LogP contribution in [0.4, 0.5) is 4.39 Å². The molecule has 0 aromatic heterocycles. The fraction of sp³-hybridized carbons (Fsp3) is 1.00. The van der Waals surface area contributed by atoms with Crippen molar-refractivity contribution in [3.05, 3.63) is 0 Å². The van der Waals surface area contributed by atoms with E-state index in [0.717, 1.165) is 12.8 Å². The van der Waals surface area contributed by atoms with Gasteiger partial charge < -0.3 is 4.89 Å². The van der Waals surface area contributed by atoms with E-state index in [0.29, 0.717) is 12.8 Å². The van der Waals surface area contributed by atoms with E-state index in [-0.39, 0.29) is 0 Å². The molecule has 0 spiro atoms. The molecule has 92 valence electrons. The zero-order chi connectivity index (χ0) is 11.9. The van der Waals surface area contributed by atoms with Crippen molar-refractivity contribution in [3.63, 3.8) is 0 Å². The Balaban J connectivity index is 4.45. The molecule has 0 bridgehead atoms. The number of alkyl halides is 1. The molecule has 0 aromatic rings. The van der Waals surface area contributed by atoms with Crippen LogP contribution in [0.5, 0.6) is 0 Å². The number of rotatable bonds is 8. The van der Waals surface area contributed by atoms with Gasteiger partial charge in [-0.05, 0) is 19.8 Å². The first-order valence-electron chi connectivity index (χ1n) is 5.13. The lowest BCUT2D eigenvalue weighted by molar-refractivity contribution is 0.0103. The summed E-state index contributed by atoms with van der Waals surface area (Å²) >= 11 is 0. The van der Waals surface area contributed by atoms with Crippen molar-refractivity contribution in [2.24, 2.45) is 0 Å². The van der Waals surface area contributed by atoms with Crippen LogP contribution in [0.3, 0.4) is 0 Å². The lowest BCUT2D eigenvalue weighted by atomic mass is 9.95. The molecule has 0 heterocycles. The number of hydrogen-bond donors (Lipinski definition) is 1. The Bertz CT molecular complexity index is 216. The van der Waals surface area contributed by atoms with Gasteiger partial charge in [-0.2, -0.15) is 0 Å². The minimum absolute atomic E-state index is 0.640. The van der Waals surface area contributed by atoms with Crippen molar-refractivity contribution in [1.82, 2.24) is 0 Å². The van der Waals surface area contributed by atoms with E-state index >= 15 is 0 Å². The minimum atomic E-state index is -4.25. The molecular formula is C9H20FO4P. The Hall–Kier alpha value is 0.0400. The summed E-state index contributed by atoms with van der Waals surface area (Å²) in [6, 6.07) is 0. The molecule has 0 amide bonds. The molecule has 0 saturated heterocycles. The summed E-state index contributed by atoms with van der Waals surface area (Å²) in [5.41, 5.74) is -0.719. The van der Waals surface area contributed by atoms with Gasteiger partial charge in [0, 0.05) is 0 Å². The van der Waals surface area contributed by atoms with Crippen molar-refractivity contribution in [2.75, 3.05) is 6.86 Å². The fourth-order valence-corrected chi connectivity index (χ4v) is 2.56. The Morgan fingerprint density at radius 2 is 1.80 bits per heavy atom. The van der Waals surface area contributed by atoms with Crippen molar-refractivity contribution in [3.8, 4) is 0 Å². The Morgan fingerprint density at radius 3 is 2.13 bits per heavy atom. The van der Waals surface area contributed by atoms with Gasteiger partial charge in [0.15, 0.2) is 6.86 Å². The largest absolute Gasteiger partial charge is 0.475 e. The number of phosphoric ester groups is 1. The third-order valence-electron chi connectivity index (χ3n) is 2.11. The average Bonchev–Trinajstić information content (AvgIpc) is 2.02. The van der Waals surface area contributed by atoms with Crippen LogP contribution in [0.1, 0.15) is 46.5 Å². The highest BCUT2D eigenvalue weighted by molar-refractivity contribution is 7.47. The summed E-state index contributed by atoms with van der Waals surface area (Å²) in [7, 11) is -4.25. The van der Waals surface area contributed by atoms with Gasteiger partial charge in [0.1, 0.15) is 0 Å². The zero-order valence-corrected chi connectivity index (χ0v) is 10.4. The van der Waals surface area contributed by atoms with Crippen molar-refractivity contribution in [2.45, 2.75) is 52.1 Å². The SMILES string of the molecule is CCCC(C)(CCC)OP(=O)(O)OCF. The molecule has 0 fully saturated rings. The summed E-state index contributed by atoms with van der Waals surface area (Å²) in [5, 5.41) is 0. The molecule has 0 aromatic carbocycles. The minimum Gasteiger partial charge on any atom is -0.302 e. The van der Waals surface area contributed by atoms with E-state index in [1.807, 2.05) is 13.8 Å². The summed E-state index contributed by atoms with van der Waals surface area (Å²) in [4.78, 5) is 9.17. The van der Waals surface area contributed by atoms with Gasteiger partial charge in [0.25, 0.3) is 0 Å². The molecule has 0 radical (unpaired) electrons. The average molecular weight is 242 g/mol. The van der Waals surface area contributed by atoms with Crippen LogP contribution in [0.15, 0.2) is 0 Å². The lowest BCUT2D eigenvalue weighted by Crippen LogP contribution is -2.27. The van der Waals surface area contributed by atoms with Crippen LogP contribution < -0.4 is 0 Å². The van der Waals surface area contributed by atoms with E-state index < -0.39 is 20.3 Å². The smallest absolute Gasteiger partial charge is 0.302 e. The topological polar surface area (TPSA) is 55.8 Å². The maximum atomic E-state index is 11.8. The van der Waals surface area contributed by atoms with E-state index in [1.54, 1.807) is 6.92 Å². The summed E-state index contributed by atoms with van der Waals surface area (Å²) in [6.07, 6.45) is 2.93. The molecule has 0 rings (SSSR count). The van der Waals surface area contributed by atoms with Gasteiger partial charge >= 0.3 is 7.82 Å². The highest BCUT2D eigenvalue weighted by Gasteiger charge is 2.34. The summed E-state index contributed by atoms with van der Waals surface area (Å²) in [5.74, 6) is 0. The maximum absolute atomic E-state index is 11.8. The first-order chi connectivity index (χ1) is 6.89. The first kappa shape index (κ1) is 15.0. The highest BCUT2D eigenvalue weighted by atomic mass is 31.2. The van der Waals surface area contributed by atoms with Crippen LogP contribution in [0.25, 0.3) is 0 Å². The third-order valence-corrected chi connectivity index (χ3v) is 3.20. The van der Waals surface area contributed by atoms with E-state index in [4.69, 9.17) is 4.52 Å². The predicted octanol–water partition coefficient (Wildman–Crippen LogP) is 3.41. The van der Waals surface area contributed by atoms with Gasteiger partial charge in [0.05, 0.1) is 5.60 Å². The first-order valence-corrected chi connectivity index (χ1v) is 6.62. The lowest BCUT2D eigenvalue weighted by Gasteiger charge is -2.30. The van der Waals surface area contributed by atoms with E-state index in [9.17, 15) is 13.8 Å². The molecule has 1 atom stereocenters. The second-order valence-corrected chi connectivity index (χ2v) is 5.13. The summed E-state index contributed by atoms with van der Waals surface area (Å²) < 4.78 is 32.1. The normalized spacial score (nSPS) is 16.3. The number of hydrogen-bond acceptors (Lipinski definition) is 3. The standard InChI is InChI=1S/C9H20FO4P/c1-4-6-9(3,7-5-2)14-15(11,12)13-8-10/h4-8H2,1-3H3,(H,11,12). The van der Waals surface area contributed by atoms with Crippen LogP contribution in [0, 0.1) is 0 Å². The third kappa shape index (κ3) is 6.25. The molecule has 1 N–H and O–H groups in total. The molecule has 6 heteroatoms. The monoisotopic (exact) mass is 242 g/mol. The molecule has 0 saturated carbocycles. The highest BCUT2D eigenvalue weighted by Crippen LogP contribution is 2.49. The Labute approximate surface area is 90.4 Å². The van der Waals surface area contributed by atoms with Gasteiger partial charge in [-0.1, -0.05) is 26.7 Å². The van der Waals surface area contributed by atoms with Gasteiger partial charge in [-0.3, -0.25) is 9.05 Å². The second kappa shape index (κ2) is 6.59. The number of halogens is 1. The molecular weight excluding hydrogens is 222 g/mol. The van der Waals surface area contributed by atoms with E-state index in [2.05, 4.69) is 4.52 Å². The van der Waals surface area contributed by atoms with Gasteiger partial charge in [-0.15, -0.1) is 0 Å². The molecule has 1 unspecified atom stereocenters. The van der Waals surface area contributed by atoms with Gasteiger partial charge in [-0.25, -0.2) is 8.96 Å². The van der Waals surface area contributed by atoms with Crippen LogP contribution in [0.2, 0.25) is 0 Å². The van der Waals surface area contributed by atoms with Crippen molar-refractivity contribution in [1.29, 1.82) is 0 Å². The molecule has 0 aliphatic carbocycles. The van der Waals surface area contributed by atoms with Crippen molar-refractivity contribution < 1.29 is 22.9 Å². The molecule has 0 aliphatic rings. The quantitative estimate of drug-likeness (QED) is 0.663. The Morgan fingerprint density at radius 1 is 1.33 bits per heavy atom. The van der Waals surface area contributed by atoms with Crippen molar-refractivity contribution >= 4 is 7.82 Å². The maximum Gasteiger partial charge on any atom is 0.475 e. The fourth-order valence-electron chi connectivity index (χ4n) is 1.64. The number of phosphoric acid groups is 1. The summed E-state index contributed by atoms with van der Waals surface area (Å²) in [6.45, 7) is 4.33. The molecule has 15 heavy (non-hydrogen) atoms. The second-order valence-electron chi connectivity index (χ2n) is 3.75. The van der Waals surface area contributed by atoms with Crippen LogP contribution >= 0.6 is 7.82 Å². The Kier molecular flexibility index (Phi) is 6.60. The van der Waals surface area contributed by atoms with Crippen LogP contribution in [-0.4, -0.2) is 17.4 Å². The predicted molar refractivity (Wildman–Crippen MR) is 56.2 cm³/mol. The molecule has 4 nitrogen and oxygen atoms in total.